The van der Waals surface area contributed by atoms with E-state index in [9.17, 15) is 9.90 Å². The lowest BCUT2D eigenvalue weighted by molar-refractivity contribution is -0.0971. The van der Waals surface area contributed by atoms with Gasteiger partial charge in [0, 0.05) is 42.7 Å². The minimum absolute atomic E-state index is 0.0844. The van der Waals surface area contributed by atoms with E-state index >= 15 is 0 Å². The molecule has 1 fully saturated rings. The lowest BCUT2D eigenvalue weighted by Gasteiger charge is -2.48. The van der Waals surface area contributed by atoms with Gasteiger partial charge in [-0.3, -0.25) is 9.78 Å². The van der Waals surface area contributed by atoms with Crippen molar-refractivity contribution in [3.63, 3.8) is 0 Å². The van der Waals surface area contributed by atoms with Gasteiger partial charge in [0.2, 0.25) is 0 Å². The highest BCUT2D eigenvalue weighted by Gasteiger charge is 2.45. The van der Waals surface area contributed by atoms with Crippen LogP contribution in [0.5, 0.6) is 0 Å². The molecule has 0 unspecified atom stereocenters. The Morgan fingerprint density at radius 3 is 2.64 bits per heavy atom. The maximum Gasteiger partial charge on any atom is 0.257 e. The minimum atomic E-state index is -0.778. The third-order valence-electron chi connectivity index (χ3n) is 5.33. The first-order chi connectivity index (χ1) is 11.7. The van der Waals surface area contributed by atoms with Gasteiger partial charge in [-0.05, 0) is 32.4 Å². The quantitative estimate of drug-likeness (QED) is 0.908. The zero-order valence-corrected chi connectivity index (χ0v) is 15.2. The van der Waals surface area contributed by atoms with E-state index in [1.165, 1.54) is 0 Å². The molecule has 132 valence electrons. The molecule has 6 nitrogen and oxygen atoms in total. The molecule has 0 bridgehead atoms. The number of pyridine rings is 1. The third-order valence-corrected chi connectivity index (χ3v) is 5.33. The van der Waals surface area contributed by atoms with Crippen LogP contribution in [0.1, 0.15) is 43.2 Å². The van der Waals surface area contributed by atoms with Crippen molar-refractivity contribution >= 4 is 5.91 Å². The predicted molar refractivity (Wildman–Crippen MR) is 94.9 cm³/mol. The summed E-state index contributed by atoms with van der Waals surface area (Å²) >= 11 is 0. The van der Waals surface area contributed by atoms with Crippen LogP contribution >= 0.6 is 0 Å². The number of carbonyl (C=O) groups is 1. The maximum absolute atomic E-state index is 12.9. The van der Waals surface area contributed by atoms with Gasteiger partial charge in [0.25, 0.3) is 5.91 Å². The summed E-state index contributed by atoms with van der Waals surface area (Å²) in [5.74, 6) is 0.475. The number of nitrogens with zero attached hydrogens (tertiary/aromatic N) is 4. The van der Waals surface area contributed by atoms with Gasteiger partial charge in [-0.2, -0.15) is 0 Å². The molecule has 1 N–H and O–H groups in total. The number of aromatic nitrogens is 3. The van der Waals surface area contributed by atoms with Gasteiger partial charge in [0.15, 0.2) is 5.82 Å². The molecule has 1 aliphatic heterocycles. The normalized spacial score (nSPS) is 22.7. The number of hydrogen-bond donors (Lipinski definition) is 1. The molecule has 0 aliphatic carbocycles. The van der Waals surface area contributed by atoms with Crippen molar-refractivity contribution < 1.29 is 9.90 Å². The summed E-state index contributed by atoms with van der Waals surface area (Å²) in [5.41, 5.74) is 0.823. The average molecular weight is 340 g/mol. The largest absolute Gasteiger partial charge is 0.389 e. The number of likely N-dealkylation sites (tertiary alicyclic amines) is 1. The van der Waals surface area contributed by atoms with E-state index in [-0.39, 0.29) is 11.3 Å². The Morgan fingerprint density at radius 2 is 2.04 bits per heavy atom. The standard InChI is InChI=1S/C19H24N4O2/c1-13-15(11-21-16(22-13)14-6-5-8-20-10-14)17(24)23-9-7-19(4,25)18(2,3)12-23/h5-6,8,10-11,25H,7,9,12H2,1-4H3/t19-/m1/s1. The Labute approximate surface area is 148 Å². The molecule has 2 aromatic rings. The van der Waals surface area contributed by atoms with Gasteiger partial charge in [0.05, 0.1) is 16.9 Å². The van der Waals surface area contributed by atoms with Crippen molar-refractivity contribution in [3.05, 3.63) is 42.0 Å². The smallest absolute Gasteiger partial charge is 0.257 e. The molecule has 0 aromatic carbocycles. The molecule has 0 radical (unpaired) electrons. The van der Waals surface area contributed by atoms with Gasteiger partial charge < -0.3 is 10.0 Å². The first-order valence-electron chi connectivity index (χ1n) is 8.47. The molecular formula is C19H24N4O2. The molecule has 2 aromatic heterocycles. The number of amides is 1. The lowest BCUT2D eigenvalue weighted by Crippen LogP contribution is -2.57. The summed E-state index contributed by atoms with van der Waals surface area (Å²) in [5, 5.41) is 10.5. The number of rotatable bonds is 2. The molecular weight excluding hydrogens is 316 g/mol. The predicted octanol–water partition coefficient (Wildman–Crippen LogP) is 2.47. The fourth-order valence-corrected chi connectivity index (χ4v) is 3.07. The van der Waals surface area contributed by atoms with Crippen molar-refractivity contribution in [2.75, 3.05) is 13.1 Å². The van der Waals surface area contributed by atoms with Crippen LogP contribution in [0, 0.1) is 12.3 Å². The summed E-state index contributed by atoms with van der Waals surface area (Å²) < 4.78 is 0. The summed E-state index contributed by atoms with van der Waals surface area (Å²) in [4.78, 5) is 27.6. The summed E-state index contributed by atoms with van der Waals surface area (Å²) in [7, 11) is 0. The third kappa shape index (κ3) is 3.26. The van der Waals surface area contributed by atoms with Crippen molar-refractivity contribution in [1.29, 1.82) is 0 Å². The highest BCUT2D eigenvalue weighted by atomic mass is 16.3. The second-order valence-corrected chi connectivity index (χ2v) is 7.57. The van der Waals surface area contributed by atoms with Crippen LogP contribution in [0.25, 0.3) is 11.4 Å². The molecule has 3 rings (SSSR count). The second-order valence-electron chi connectivity index (χ2n) is 7.57. The molecule has 0 saturated carbocycles. The van der Waals surface area contributed by atoms with Crippen molar-refractivity contribution in [2.45, 2.75) is 39.7 Å². The summed E-state index contributed by atoms with van der Waals surface area (Å²) in [6, 6.07) is 3.72. The molecule has 1 aliphatic rings. The number of aryl methyl sites for hydroxylation is 1. The molecule has 1 atom stereocenters. The first-order valence-corrected chi connectivity index (χ1v) is 8.47. The SMILES string of the molecule is Cc1nc(-c2cccnc2)ncc1C(=O)N1CC[C@@](C)(O)C(C)(C)C1. The zero-order valence-electron chi connectivity index (χ0n) is 15.2. The Kier molecular flexibility index (Phi) is 4.33. The zero-order chi connectivity index (χ0) is 18.2. The molecule has 1 saturated heterocycles. The fourth-order valence-electron chi connectivity index (χ4n) is 3.07. The number of hydrogen-bond acceptors (Lipinski definition) is 5. The van der Waals surface area contributed by atoms with Crippen LogP contribution in [0.15, 0.2) is 30.7 Å². The Balaban J connectivity index is 1.84. The van der Waals surface area contributed by atoms with Gasteiger partial charge in [-0.25, -0.2) is 9.97 Å². The van der Waals surface area contributed by atoms with Gasteiger partial charge >= 0.3 is 0 Å². The summed E-state index contributed by atoms with van der Waals surface area (Å²) in [6.45, 7) is 8.66. The van der Waals surface area contributed by atoms with E-state index in [1.54, 1.807) is 23.5 Å². The van der Waals surface area contributed by atoms with E-state index in [0.717, 1.165) is 5.56 Å². The van der Waals surface area contributed by atoms with E-state index in [0.29, 0.717) is 36.6 Å². The monoisotopic (exact) mass is 340 g/mol. The van der Waals surface area contributed by atoms with Gasteiger partial charge in [-0.1, -0.05) is 13.8 Å². The maximum atomic E-state index is 12.9. The van der Waals surface area contributed by atoms with Crippen molar-refractivity contribution in [3.8, 4) is 11.4 Å². The van der Waals surface area contributed by atoms with Crippen LogP contribution in [0.2, 0.25) is 0 Å². The Bertz CT molecular complexity index is 787. The minimum Gasteiger partial charge on any atom is -0.389 e. The van der Waals surface area contributed by atoms with E-state index in [2.05, 4.69) is 15.0 Å². The second kappa shape index (κ2) is 6.19. The molecule has 3 heterocycles. The first kappa shape index (κ1) is 17.5. The number of carbonyl (C=O) groups excluding carboxylic acids is 1. The van der Waals surface area contributed by atoms with Crippen LogP contribution in [0.3, 0.4) is 0 Å². The summed E-state index contributed by atoms with van der Waals surface area (Å²) in [6.07, 6.45) is 5.54. The number of aliphatic hydroxyl groups is 1. The van der Waals surface area contributed by atoms with Crippen molar-refractivity contribution in [1.82, 2.24) is 19.9 Å². The Morgan fingerprint density at radius 1 is 1.28 bits per heavy atom. The van der Waals surface area contributed by atoms with Crippen LogP contribution in [-0.2, 0) is 0 Å². The van der Waals surface area contributed by atoms with Gasteiger partial charge in [0.1, 0.15) is 0 Å². The molecule has 6 heteroatoms. The van der Waals surface area contributed by atoms with Crippen LogP contribution in [0.4, 0.5) is 0 Å². The fraction of sp³-hybridized carbons (Fsp3) is 0.474. The number of piperidine rings is 1. The highest BCUT2D eigenvalue weighted by molar-refractivity contribution is 5.95. The highest BCUT2D eigenvalue weighted by Crippen LogP contribution is 2.38. The van der Waals surface area contributed by atoms with Gasteiger partial charge in [-0.15, -0.1) is 0 Å². The van der Waals surface area contributed by atoms with Crippen LogP contribution < -0.4 is 0 Å². The van der Waals surface area contributed by atoms with Crippen LogP contribution in [-0.4, -0.2) is 49.6 Å². The molecule has 0 spiro atoms. The molecule has 1 amide bonds. The van der Waals surface area contributed by atoms with E-state index < -0.39 is 5.60 Å². The van der Waals surface area contributed by atoms with Crippen molar-refractivity contribution in [2.24, 2.45) is 5.41 Å². The van der Waals surface area contributed by atoms with E-state index in [4.69, 9.17) is 0 Å². The topological polar surface area (TPSA) is 79.2 Å². The van der Waals surface area contributed by atoms with E-state index in [1.807, 2.05) is 39.8 Å². The average Bonchev–Trinajstić information content (AvgIpc) is 2.57. The lowest BCUT2D eigenvalue weighted by atomic mass is 9.71. The Hall–Kier alpha value is -2.34. The molecule has 25 heavy (non-hydrogen) atoms.